The molecule has 0 saturated carbocycles. The molecule has 4 nitrogen and oxygen atoms in total. The van der Waals surface area contributed by atoms with Gasteiger partial charge in [-0.2, -0.15) is 0 Å². The number of carbonyl (C=O) groups is 1. The van der Waals surface area contributed by atoms with Crippen LogP contribution >= 0.6 is 0 Å². The van der Waals surface area contributed by atoms with Gasteiger partial charge in [0, 0.05) is 18.1 Å². The Morgan fingerprint density at radius 3 is 2.79 bits per heavy atom. The lowest BCUT2D eigenvalue weighted by molar-refractivity contribution is -0.137. The van der Waals surface area contributed by atoms with Gasteiger partial charge in [0.15, 0.2) is 0 Å². The molecule has 1 aromatic heterocycles. The monoisotopic (exact) mass is 261 g/mol. The van der Waals surface area contributed by atoms with Gasteiger partial charge in [-0.1, -0.05) is 13.0 Å². The van der Waals surface area contributed by atoms with Gasteiger partial charge >= 0.3 is 5.97 Å². The van der Waals surface area contributed by atoms with Gasteiger partial charge in [0.25, 0.3) is 0 Å². The summed E-state index contributed by atoms with van der Waals surface area (Å²) in [6, 6.07) is 5.91. The lowest BCUT2D eigenvalue weighted by Gasteiger charge is -2.09. The van der Waals surface area contributed by atoms with Crippen LogP contribution < -0.4 is 4.74 Å². The Morgan fingerprint density at radius 1 is 1.47 bits per heavy atom. The van der Waals surface area contributed by atoms with Crippen molar-refractivity contribution in [2.24, 2.45) is 0 Å². The van der Waals surface area contributed by atoms with Crippen molar-refractivity contribution in [3.05, 3.63) is 30.0 Å². The summed E-state index contributed by atoms with van der Waals surface area (Å²) in [4.78, 5) is 10.9. The molecular formula is C15H19NO3. The Morgan fingerprint density at radius 2 is 2.21 bits per heavy atom. The van der Waals surface area contributed by atoms with E-state index >= 15 is 0 Å². The van der Waals surface area contributed by atoms with Crippen molar-refractivity contribution in [1.82, 2.24) is 4.57 Å². The first-order valence-corrected chi connectivity index (χ1v) is 6.46. The zero-order valence-electron chi connectivity index (χ0n) is 11.5. The van der Waals surface area contributed by atoms with Gasteiger partial charge in [-0.3, -0.25) is 4.79 Å². The largest absolute Gasteiger partial charge is 0.496 e. The smallest absolute Gasteiger partial charge is 0.303 e. The number of methoxy groups -OCH3 is 1. The lowest BCUT2D eigenvalue weighted by Crippen LogP contribution is -2.02. The van der Waals surface area contributed by atoms with Crippen molar-refractivity contribution >= 4 is 16.9 Å². The number of hydrogen-bond donors (Lipinski definition) is 1. The number of carboxylic acid groups (broad SMARTS) is 1. The molecule has 0 aliphatic heterocycles. The van der Waals surface area contributed by atoms with E-state index in [0.29, 0.717) is 0 Å². The van der Waals surface area contributed by atoms with E-state index in [4.69, 9.17) is 9.84 Å². The molecule has 0 bridgehead atoms. The summed E-state index contributed by atoms with van der Waals surface area (Å²) < 4.78 is 7.55. The number of benzene rings is 1. The van der Waals surface area contributed by atoms with Crippen LogP contribution in [0.4, 0.5) is 0 Å². The molecule has 0 aliphatic rings. The molecule has 1 aromatic carbocycles. The van der Waals surface area contributed by atoms with Crippen molar-refractivity contribution in [3.8, 4) is 5.75 Å². The average molecular weight is 261 g/mol. The third kappa shape index (κ3) is 2.43. The maximum absolute atomic E-state index is 10.9. The number of fused-ring (bicyclic) bond motifs is 1. The predicted molar refractivity (Wildman–Crippen MR) is 74.8 cm³/mol. The zero-order valence-corrected chi connectivity index (χ0v) is 11.5. The van der Waals surface area contributed by atoms with Gasteiger partial charge in [-0.15, -0.1) is 0 Å². The van der Waals surface area contributed by atoms with E-state index in [2.05, 4.69) is 11.5 Å². The molecule has 19 heavy (non-hydrogen) atoms. The second kappa shape index (κ2) is 5.34. The quantitative estimate of drug-likeness (QED) is 0.898. The summed E-state index contributed by atoms with van der Waals surface area (Å²) in [7, 11) is 1.64. The number of carboxylic acids is 1. The number of nitrogens with zero attached hydrogens (tertiary/aromatic N) is 1. The van der Waals surface area contributed by atoms with Crippen LogP contribution in [0.2, 0.25) is 0 Å². The lowest BCUT2D eigenvalue weighted by atomic mass is 9.97. The van der Waals surface area contributed by atoms with E-state index < -0.39 is 5.97 Å². The van der Waals surface area contributed by atoms with E-state index in [-0.39, 0.29) is 12.3 Å². The minimum Gasteiger partial charge on any atom is -0.496 e. The highest BCUT2D eigenvalue weighted by molar-refractivity contribution is 5.91. The summed E-state index contributed by atoms with van der Waals surface area (Å²) >= 11 is 0. The zero-order chi connectivity index (χ0) is 14.0. The first-order valence-electron chi connectivity index (χ1n) is 6.46. The van der Waals surface area contributed by atoms with Crippen LogP contribution in [0.5, 0.6) is 5.75 Å². The number of aryl methyl sites for hydroxylation is 1. The minimum absolute atomic E-state index is 0.0379. The van der Waals surface area contributed by atoms with Crippen LogP contribution in [0, 0.1) is 0 Å². The molecular weight excluding hydrogens is 242 g/mol. The molecule has 1 N–H and O–H groups in total. The minimum atomic E-state index is -0.778. The van der Waals surface area contributed by atoms with Crippen LogP contribution in [-0.2, 0) is 11.3 Å². The molecule has 2 rings (SSSR count). The standard InChI is InChI=1S/C15H19NO3/c1-4-16-9-11(10(2)8-14(17)18)15-12(16)6-5-7-13(15)19-3/h5-7,9-10H,4,8H2,1-3H3,(H,17,18). The second-order valence-electron chi connectivity index (χ2n) is 4.72. The fraction of sp³-hybridized carbons (Fsp3) is 0.400. The van der Waals surface area contributed by atoms with Gasteiger partial charge < -0.3 is 14.4 Å². The van der Waals surface area contributed by atoms with Crippen LogP contribution in [-0.4, -0.2) is 22.8 Å². The molecule has 0 saturated heterocycles. The highest BCUT2D eigenvalue weighted by Gasteiger charge is 2.19. The molecule has 102 valence electrons. The fourth-order valence-electron chi connectivity index (χ4n) is 2.53. The topological polar surface area (TPSA) is 51.5 Å². The van der Waals surface area contributed by atoms with E-state index in [9.17, 15) is 4.79 Å². The van der Waals surface area contributed by atoms with E-state index in [1.807, 2.05) is 31.3 Å². The van der Waals surface area contributed by atoms with Gasteiger partial charge in [0.1, 0.15) is 5.75 Å². The van der Waals surface area contributed by atoms with E-state index in [1.54, 1.807) is 7.11 Å². The molecule has 0 spiro atoms. The van der Waals surface area contributed by atoms with E-state index in [0.717, 1.165) is 28.8 Å². The molecule has 2 aromatic rings. The van der Waals surface area contributed by atoms with Crippen molar-refractivity contribution in [2.75, 3.05) is 7.11 Å². The first kappa shape index (κ1) is 13.5. The molecule has 0 amide bonds. The number of aromatic nitrogens is 1. The van der Waals surface area contributed by atoms with Crippen molar-refractivity contribution in [1.29, 1.82) is 0 Å². The summed E-state index contributed by atoms with van der Waals surface area (Å²) in [5.41, 5.74) is 2.13. The second-order valence-corrected chi connectivity index (χ2v) is 4.72. The fourth-order valence-corrected chi connectivity index (χ4v) is 2.53. The molecule has 1 atom stereocenters. The SMILES string of the molecule is CCn1cc(C(C)CC(=O)O)c2c(OC)cccc21. The third-order valence-corrected chi connectivity index (χ3v) is 3.47. The molecule has 0 fully saturated rings. The van der Waals surface area contributed by atoms with Gasteiger partial charge in [0.05, 0.1) is 19.0 Å². The first-order chi connectivity index (χ1) is 9.08. The highest BCUT2D eigenvalue weighted by Crippen LogP contribution is 2.35. The van der Waals surface area contributed by atoms with Crippen LogP contribution in [0.25, 0.3) is 10.9 Å². The number of hydrogen-bond acceptors (Lipinski definition) is 2. The third-order valence-electron chi connectivity index (χ3n) is 3.47. The molecule has 0 radical (unpaired) electrons. The Balaban J connectivity index is 2.62. The maximum atomic E-state index is 10.9. The molecule has 0 aliphatic carbocycles. The molecule has 1 unspecified atom stereocenters. The van der Waals surface area contributed by atoms with Crippen molar-refractivity contribution in [3.63, 3.8) is 0 Å². The van der Waals surface area contributed by atoms with E-state index in [1.165, 1.54) is 0 Å². The number of rotatable bonds is 5. The molecule has 4 heteroatoms. The number of aliphatic carboxylic acids is 1. The Bertz CT molecular complexity index is 601. The predicted octanol–water partition coefficient (Wildman–Crippen LogP) is 3.25. The van der Waals surface area contributed by atoms with Crippen LogP contribution in [0.15, 0.2) is 24.4 Å². The van der Waals surface area contributed by atoms with Gasteiger partial charge in [0.2, 0.25) is 0 Å². The van der Waals surface area contributed by atoms with Crippen LogP contribution in [0.1, 0.15) is 31.7 Å². The Hall–Kier alpha value is -1.97. The van der Waals surface area contributed by atoms with Crippen LogP contribution in [0.3, 0.4) is 0 Å². The van der Waals surface area contributed by atoms with Gasteiger partial charge in [-0.05, 0) is 30.5 Å². The van der Waals surface area contributed by atoms with Crippen molar-refractivity contribution < 1.29 is 14.6 Å². The summed E-state index contributed by atoms with van der Waals surface area (Å²) in [6.45, 7) is 4.86. The summed E-state index contributed by atoms with van der Waals surface area (Å²) in [5.74, 6) is -0.0131. The van der Waals surface area contributed by atoms with Crippen molar-refractivity contribution in [2.45, 2.75) is 32.7 Å². The highest BCUT2D eigenvalue weighted by atomic mass is 16.5. The van der Waals surface area contributed by atoms with Gasteiger partial charge in [-0.25, -0.2) is 0 Å². The Labute approximate surface area is 112 Å². The normalized spacial score (nSPS) is 12.6. The summed E-state index contributed by atoms with van der Waals surface area (Å²) in [6.07, 6.45) is 2.17. The molecule has 1 heterocycles. The average Bonchev–Trinajstić information content (AvgIpc) is 2.76. The summed E-state index contributed by atoms with van der Waals surface area (Å²) in [5, 5.41) is 10.00. The Kier molecular flexibility index (Phi) is 3.79. The maximum Gasteiger partial charge on any atom is 0.303 e. The number of ether oxygens (including phenoxy) is 1.